The molecule has 2 rings (SSSR count). The van der Waals surface area contributed by atoms with Crippen molar-refractivity contribution in [2.45, 2.75) is 20.0 Å². The Morgan fingerprint density at radius 1 is 1.20 bits per heavy atom. The molecule has 0 aliphatic carbocycles. The Kier molecular flexibility index (Phi) is 6.19. The van der Waals surface area contributed by atoms with E-state index in [2.05, 4.69) is 5.32 Å². The Bertz CT molecular complexity index is 820. The van der Waals surface area contributed by atoms with E-state index in [9.17, 15) is 4.79 Å². The highest BCUT2D eigenvalue weighted by molar-refractivity contribution is 6.02. The molecule has 1 N–H and O–H groups in total. The van der Waals surface area contributed by atoms with Gasteiger partial charge in [-0.25, -0.2) is 0 Å². The Balaban J connectivity index is 2.07. The normalized spacial score (nSPS) is 10.5. The van der Waals surface area contributed by atoms with Gasteiger partial charge in [0.05, 0.1) is 24.8 Å². The number of nitriles is 1. The third kappa shape index (κ3) is 5.40. The average molecular weight is 336 g/mol. The van der Waals surface area contributed by atoms with E-state index in [1.807, 2.05) is 32.0 Å². The maximum atomic E-state index is 12.0. The second-order valence-corrected chi connectivity index (χ2v) is 5.59. The van der Waals surface area contributed by atoms with Crippen LogP contribution >= 0.6 is 0 Å². The van der Waals surface area contributed by atoms with Crippen molar-refractivity contribution in [1.29, 1.82) is 5.26 Å². The van der Waals surface area contributed by atoms with Gasteiger partial charge in [-0.1, -0.05) is 12.1 Å². The largest absolute Gasteiger partial charge is 0.493 e. The van der Waals surface area contributed by atoms with Crippen LogP contribution in [-0.2, 0) is 4.79 Å². The van der Waals surface area contributed by atoms with Crippen LogP contribution in [0, 0.1) is 11.3 Å². The molecule has 0 radical (unpaired) electrons. The molecule has 0 heterocycles. The zero-order chi connectivity index (χ0) is 18.2. The van der Waals surface area contributed by atoms with Crippen molar-refractivity contribution in [3.8, 4) is 17.6 Å². The van der Waals surface area contributed by atoms with Crippen LogP contribution in [-0.4, -0.2) is 19.1 Å². The second kappa shape index (κ2) is 8.55. The molecule has 0 unspecified atom stereocenters. The van der Waals surface area contributed by atoms with Crippen molar-refractivity contribution >= 4 is 17.7 Å². The first-order valence-corrected chi connectivity index (χ1v) is 7.85. The highest BCUT2D eigenvalue weighted by Crippen LogP contribution is 2.29. The van der Waals surface area contributed by atoms with Crippen LogP contribution < -0.4 is 14.8 Å². The van der Waals surface area contributed by atoms with E-state index in [0.717, 1.165) is 5.56 Å². The summed E-state index contributed by atoms with van der Waals surface area (Å²) in [5.74, 6) is 0.988. The van der Waals surface area contributed by atoms with Gasteiger partial charge in [0.1, 0.15) is 0 Å². The first-order valence-electron chi connectivity index (χ1n) is 7.85. The maximum absolute atomic E-state index is 12.0. The van der Waals surface area contributed by atoms with Crippen LogP contribution in [0.15, 0.2) is 48.5 Å². The van der Waals surface area contributed by atoms with Gasteiger partial charge in [-0.15, -0.1) is 0 Å². The molecule has 5 heteroatoms. The molecule has 1 amide bonds. The van der Waals surface area contributed by atoms with Crippen molar-refractivity contribution < 1.29 is 14.3 Å². The summed E-state index contributed by atoms with van der Waals surface area (Å²) < 4.78 is 11.0. The van der Waals surface area contributed by atoms with Gasteiger partial charge >= 0.3 is 0 Å². The molecule has 0 atom stereocenters. The summed E-state index contributed by atoms with van der Waals surface area (Å²) in [7, 11) is 1.57. The number of hydrogen-bond acceptors (Lipinski definition) is 4. The first-order chi connectivity index (χ1) is 12.0. The van der Waals surface area contributed by atoms with Crippen LogP contribution in [0.5, 0.6) is 11.5 Å². The molecule has 0 fully saturated rings. The molecule has 0 saturated heterocycles. The Morgan fingerprint density at radius 2 is 2.00 bits per heavy atom. The van der Waals surface area contributed by atoms with Crippen molar-refractivity contribution in [2.24, 2.45) is 0 Å². The van der Waals surface area contributed by atoms with Crippen LogP contribution in [0.2, 0.25) is 0 Å². The molecule has 25 heavy (non-hydrogen) atoms. The smallest absolute Gasteiger partial charge is 0.248 e. The molecule has 0 bridgehead atoms. The zero-order valence-corrected chi connectivity index (χ0v) is 14.4. The summed E-state index contributed by atoms with van der Waals surface area (Å²) in [5.41, 5.74) is 1.88. The SMILES string of the molecule is COc1cc(C=CC(=O)Nc2cccc(C#N)c2)ccc1OC(C)C. The summed E-state index contributed by atoms with van der Waals surface area (Å²) in [6.07, 6.45) is 3.16. The highest BCUT2D eigenvalue weighted by atomic mass is 16.5. The standard InChI is InChI=1S/C20H20N2O3/c1-14(2)25-18-9-7-15(12-19(18)24-3)8-10-20(23)22-17-6-4-5-16(11-17)13-21/h4-12,14H,1-3H3,(H,22,23). The topological polar surface area (TPSA) is 71.3 Å². The van der Waals surface area contributed by atoms with E-state index in [-0.39, 0.29) is 12.0 Å². The number of anilines is 1. The number of methoxy groups -OCH3 is 1. The Hall–Kier alpha value is -3.26. The van der Waals surface area contributed by atoms with Crippen LogP contribution in [0.1, 0.15) is 25.0 Å². The van der Waals surface area contributed by atoms with E-state index >= 15 is 0 Å². The van der Waals surface area contributed by atoms with Crippen molar-refractivity contribution in [3.63, 3.8) is 0 Å². The predicted molar refractivity (Wildman–Crippen MR) is 97.6 cm³/mol. The van der Waals surface area contributed by atoms with Crippen molar-refractivity contribution in [2.75, 3.05) is 12.4 Å². The van der Waals surface area contributed by atoms with Gasteiger partial charge in [0.15, 0.2) is 11.5 Å². The van der Waals surface area contributed by atoms with Gasteiger partial charge in [-0.05, 0) is 55.8 Å². The average Bonchev–Trinajstić information content (AvgIpc) is 2.60. The number of ether oxygens (including phenoxy) is 2. The van der Waals surface area contributed by atoms with Crippen LogP contribution in [0.3, 0.4) is 0 Å². The molecule has 0 aliphatic heterocycles. The van der Waals surface area contributed by atoms with Gasteiger partial charge in [0.25, 0.3) is 0 Å². The predicted octanol–water partition coefficient (Wildman–Crippen LogP) is 4.01. The van der Waals surface area contributed by atoms with Gasteiger partial charge in [0, 0.05) is 11.8 Å². The number of nitrogens with one attached hydrogen (secondary N) is 1. The van der Waals surface area contributed by atoms with E-state index in [0.29, 0.717) is 22.7 Å². The number of hydrogen-bond donors (Lipinski definition) is 1. The molecule has 2 aromatic rings. The summed E-state index contributed by atoms with van der Waals surface area (Å²) in [5, 5.41) is 11.6. The number of carbonyl (C=O) groups is 1. The molecule has 2 aromatic carbocycles. The second-order valence-electron chi connectivity index (χ2n) is 5.59. The quantitative estimate of drug-likeness (QED) is 0.809. The van der Waals surface area contributed by atoms with Crippen molar-refractivity contribution in [1.82, 2.24) is 0 Å². The molecule has 0 aromatic heterocycles. The van der Waals surface area contributed by atoms with Crippen LogP contribution in [0.4, 0.5) is 5.69 Å². The number of amides is 1. The molecule has 0 saturated carbocycles. The number of nitrogens with zero attached hydrogens (tertiary/aromatic N) is 1. The number of rotatable bonds is 6. The lowest BCUT2D eigenvalue weighted by atomic mass is 10.2. The lowest BCUT2D eigenvalue weighted by molar-refractivity contribution is -0.111. The fourth-order valence-electron chi connectivity index (χ4n) is 2.16. The monoisotopic (exact) mass is 336 g/mol. The number of benzene rings is 2. The third-order valence-corrected chi connectivity index (χ3v) is 3.24. The minimum absolute atomic E-state index is 0.0465. The van der Waals surface area contributed by atoms with Gasteiger partial charge in [-0.2, -0.15) is 5.26 Å². The highest BCUT2D eigenvalue weighted by Gasteiger charge is 2.07. The fraction of sp³-hybridized carbons (Fsp3) is 0.200. The van der Waals surface area contributed by atoms with E-state index in [4.69, 9.17) is 14.7 Å². The molecule has 0 aliphatic rings. The minimum atomic E-state index is -0.281. The molecule has 5 nitrogen and oxygen atoms in total. The Morgan fingerprint density at radius 3 is 2.68 bits per heavy atom. The van der Waals surface area contributed by atoms with Crippen molar-refractivity contribution in [3.05, 3.63) is 59.7 Å². The molecular weight excluding hydrogens is 316 g/mol. The lowest BCUT2D eigenvalue weighted by Crippen LogP contribution is -2.08. The molecule has 128 valence electrons. The lowest BCUT2D eigenvalue weighted by Gasteiger charge is -2.13. The summed E-state index contributed by atoms with van der Waals surface area (Å²) >= 11 is 0. The van der Waals surface area contributed by atoms with Gasteiger partial charge < -0.3 is 14.8 Å². The fourth-order valence-corrected chi connectivity index (χ4v) is 2.16. The summed E-state index contributed by atoms with van der Waals surface area (Å²) in [4.78, 5) is 12.0. The van der Waals surface area contributed by atoms with Gasteiger partial charge in [-0.3, -0.25) is 4.79 Å². The number of carbonyl (C=O) groups excluding carboxylic acids is 1. The minimum Gasteiger partial charge on any atom is -0.493 e. The van der Waals surface area contributed by atoms with E-state index < -0.39 is 0 Å². The summed E-state index contributed by atoms with van der Waals surface area (Å²) in [6, 6.07) is 14.2. The maximum Gasteiger partial charge on any atom is 0.248 e. The molecule has 0 spiro atoms. The van der Waals surface area contributed by atoms with E-state index in [1.165, 1.54) is 6.08 Å². The Labute approximate surface area is 147 Å². The van der Waals surface area contributed by atoms with Gasteiger partial charge in [0.2, 0.25) is 5.91 Å². The first kappa shape index (κ1) is 18.1. The summed E-state index contributed by atoms with van der Waals surface area (Å²) in [6.45, 7) is 3.89. The van der Waals surface area contributed by atoms with Crippen LogP contribution in [0.25, 0.3) is 6.08 Å². The zero-order valence-electron chi connectivity index (χ0n) is 14.4. The molecular formula is C20H20N2O3. The third-order valence-electron chi connectivity index (χ3n) is 3.24. The van der Waals surface area contributed by atoms with E-state index in [1.54, 1.807) is 43.5 Å².